The molecule has 4 rings (SSSR count). The first-order valence-electron chi connectivity index (χ1n) is 10.7. The summed E-state index contributed by atoms with van der Waals surface area (Å²) in [5, 5.41) is 0. The van der Waals surface area contributed by atoms with E-state index in [-0.39, 0.29) is 0 Å². The van der Waals surface area contributed by atoms with E-state index in [9.17, 15) is 0 Å². The molecule has 0 saturated carbocycles. The molecule has 2 aromatic carbocycles. The zero-order valence-corrected chi connectivity index (χ0v) is 22.5. The Morgan fingerprint density at radius 2 is 1.48 bits per heavy atom. The molecule has 0 fully saturated rings. The van der Waals surface area contributed by atoms with Crippen LogP contribution in [0.25, 0.3) is 5.57 Å². The van der Waals surface area contributed by atoms with Gasteiger partial charge in [-0.2, -0.15) is 0 Å². The van der Waals surface area contributed by atoms with Crippen molar-refractivity contribution in [1.82, 2.24) is 0 Å². The summed E-state index contributed by atoms with van der Waals surface area (Å²) in [5.74, 6) is 0.597. The standard InChI is InChI=1S/C15H11.C12H19.H2Si.Zr/c1-2-6-12(7-3-1)15-11-10-13-8-4-5-9-14(13)15;1-7(2)12-10(5)8(3)9(4)11(12)6;;/h1-11H;10H,1-6H3;1H2;. The van der Waals surface area contributed by atoms with Crippen LogP contribution < -0.4 is 0 Å². The van der Waals surface area contributed by atoms with Gasteiger partial charge in [-0.15, -0.1) is 0 Å². The number of benzene rings is 2. The first-order chi connectivity index (χ1) is 13.7. The Bertz CT molecular complexity index is 1080. The van der Waals surface area contributed by atoms with E-state index in [1.54, 1.807) is 22.3 Å². The van der Waals surface area contributed by atoms with E-state index in [4.69, 9.17) is 0 Å². The summed E-state index contributed by atoms with van der Waals surface area (Å²) in [5.41, 5.74) is 12.3. The van der Waals surface area contributed by atoms with Crippen molar-refractivity contribution in [2.45, 2.75) is 48.3 Å². The van der Waals surface area contributed by atoms with E-state index in [1.165, 1.54) is 22.3 Å². The van der Waals surface area contributed by atoms with Crippen molar-refractivity contribution in [3.8, 4) is 0 Å². The van der Waals surface area contributed by atoms with Crippen molar-refractivity contribution >= 4 is 12.5 Å². The van der Waals surface area contributed by atoms with Crippen LogP contribution in [0, 0.1) is 5.92 Å². The summed E-state index contributed by atoms with van der Waals surface area (Å²) in [6.07, 6.45) is 2.63. The first-order valence-corrected chi connectivity index (χ1v) is 19.3. The second kappa shape index (κ2) is 7.78. The van der Waals surface area contributed by atoms with Gasteiger partial charge in [-0.3, -0.25) is 0 Å². The maximum atomic E-state index is 2.63. The van der Waals surface area contributed by atoms with E-state index in [0.29, 0.717) is 12.7 Å². The van der Waals surface area contributed by atoms with Gasteiger partial charge in [0.25, 0.3) is 0 Å². The molecule has 0 amide bonds. The van der Waals surface area contributed by atoms with Gasteiger partial charge in [-0.25, -0.2) is 0 Å². The van der Waals surface area contributed by atoms with Crippen molar-refractivity contribution in [3.63, 3.8) is 0 Å². The normalized spacial score (nSPS) is 21.5. The van der Waals surface area contributed by atoms with Crippen LogP contribution in [0.5, 0.6) is 0 Å². The number of hydrogen-bond acceptors (Lipinski definition) is 0. The zero-order chi connectivity index (χ0) is 20.9. The topological polar surface area (TPSA) is 0 Å². The predicted molar refractivity (Wildman–Crippen MR) is 126 cm³/mol. The fraction of sp³-hybridized carbons (Fsp3) is 0.333. The van der Waals surface area contributed by atoms with Crippen LogP contribution >= 0.6 is 0 Å². The Labute approximate surface area is 185 Å². The van der Waals surface area contributed by atoms with Crippen molar-refractivity contribution in [2.24, 2.45) is 5.92 Å². The zero-order valence-electron chi connectivity index (χ0n) is 18.6. The maximum absolute atomic E-state index is 2.63. The average molecular weight is 476 g/mol. The second-order valence-electron chi connectivity index (χ2n) is 9.23. The summed E-state index contributed by atoms with van der Waals surface area (Å²) in [7, 11) is 0. The van der Waals surface area contributed by atoms with Gasteiger partial charge in [0.1, 0.15) is 0 Å². The van der Waals surface area contributed by atoms with Crippen LogP contribution in [0.2, 0.25) is 3.12 Å². The van der Waals surface area contributed by atoms with Gasteiger partial charge in [0.15, 0.2) is 0 Å². The molecule has 0 saturated heterocycles. The minimum atomic E-state index is -1.90. The van der Waals surface area contributed by atoms with Crippen molar-refractivity contribution < 1.29 is 20.4 Å². The van der Waals surface area contributed by atoms with E-state index >= 15 is 0 Å². The molecule has 0 heterocycles. The monoisotopic (exact) mass is 474 g/mol. The molecule has 0 aromatic heterocycles. The molecule has 0 N–H and O–H groups in total. The Kier molecular flexibility index (Phi) is 5.64. The van der Waals surface area contributed by atoms with Gasteiger partial charge in [0, 0.05) is 0 Å². The number of allylic oxidation sites excluding steroid dienone is 5. The molecule has 2 aliphatic carbocycles. The number of hydrogen-bond donors (Lipinski definition) is 0. The molecular formula is C27H32SiZr. The van der Waals surface area contributed by atoms with E-state index in [2.05, 4.69) is 109 Å². The summed E-state index contributed by atoms with van der Waals surface area (Å²) in [6.45, 7) is 17.0. The van der Waals surface area contributed by atoms with E-state index < -0.39 is 20.4 Å². The van der Waals surface area contributed by atoms with Gasteiger partial charge in [-0.1, -0.05) is 0 Å². The third-order valence-electron chi connectivity index (χ3n) is 7.50. The summed E-state index contributed by atoms with van der Waals surface area (Å²) in [6, 6.07) is 20.1. The summed E-state index contributed by atoms with van der Waals surface area (Å²) < 4.78 is 0.981. The molecular weight excluding hydrogens is 444 g/mol. The molecule has 0 spiro atoms. The Balaban J connectivity index is 1.79. The van der Waals surface area contributed by atoms with E-state index in [1.807, 2.05) is 0 Å². The quantitative estimate of drug-likeness (QED) is 0.425. The molecule has 2 atom stereocenters. The van der Waals surface area contributed by atoms with Crippen molar-refractivity contribution in [3.05, 3.63) is 99.7 Å². The number of fused-ring (bicyclic) bond motifs is 1. The van der Waals surface area contributed by atoms with E-state index in [0.717, 1.165) is 0 Å². The Morgan fingerprint density at radius 3 is 2.10 bits per heavy atom. The average Bonchev–Trinajstić information content (AvgIpc) is 3.20. The molecule has 0 aliphatic heterocycles. The fourth-order valence-electron chi connectivity index (χ4n) is 5.45. The van der Waals surface area contributed by atoms with Crippen molar-refractivity contribution in [2.75, 3.05) is 0 Å². The SMILES string of the molecule is CC1=C(C)C(C)C([C](C)(C)[Zr](=[SiH2])[CH]2C=C(c3ccccc3)c3ccccc32)=C1C. The summed E-state index contributed by atoms with van der Waals surface area (Å²) >= 11 is -1.90. The van der Waals surface area contributed by atoms with Crippen molar-refractivity contribution in [1.29, 1.82) is 0 Å². The van der Waals surface area contributed by atoms with Gasteiger partial charge < -0.3 is 0 Å². The van der Waals surface area contributed by atoms with Gasteiger partial charge in [0.2, 0.25) is 0 Å². The van der Waals surface area contributed by atoms with Crippen LogP contribution in [-0.4, -0.2) is 6.88 Å². The van der Waals surface area contributed by atoms with Gasteiger partial charge in [-0.05, 0) is 0 Å². The predicted octanol–water partition coefficient (Wildman–Crippen LogP) is 6.84. The molecule has 2 heteroatoms. The van der Waals surface area contributed by atoms with Crippen LogP contribution in [-0.2, 0) is 20.4 Å². The first kappa shape index (κ1) is 21.0. The molecule has 0 bridgehead atoms. The Morgan fingerprint density at radius 1 is 0.862 bits per heavy atom. The van der Waals surface area contributed by atoms with Crippen LogP contribution in [0.3, 0.4) is 0 Å². The molecule has 2 aliphatic rings. The Hall–Kier alpha value is -1.24. The van der Waals surface area contributed by atoms with Crippen LogP contribution in [0.4, 0.5) is 0 Å². The van der Waals surface area contributed by atoms with Gasteiger partial charge >= 0.3 is 187 Å². The molecule has 29 heavy (non-hydrogen) atoms. The molecule has 2 aromatic rings. The molecule has 2 unspecified atom stereocenters. The molecule has 148 valence electrons. The summed E-state index contributed by atoms with van der Waals surface area (Å²) in [4.78, 5) is 0. The second-order valence-corrected chi connectivity index (χ2v) is 20.9. The third-order valence-corrected chi connectivity index (χ3v) is 23.0. The molecule has 0 nitrogen and oxygen atoms in total. The molecule has 0 radical (unpaired) electrons. The third kappa shape index (κ3) is 3.37. The minimum absolute atomic E-state index is 0.337. The fourth-order valence-corrected chi connectivity index (χ4v) is 14.8. The van der Waals surface area contributed by atoms with Crippen LogP contribution in [0.1, 0.15) is 61.9 Å². The van der Waals surface area contributed by atoms with Crippen LogP contribution in [0.15, 0.2) is 83.0 Å². The number of rotatable bonds is 4. The van der Waals surface area contributed by atoms with Gasteiger partial charge in [0.05, 0.1) is 0 Å².